The van der Waals surface area contributed by atoms with Gasteiger partial charge in [0, 0.05) is 67.4 Å². The molecule has 6 rings (SSSR count). The predicted octanol–water partition coefficient (Wildman–Crippen LogP) is 3.83. The zero-order chi connectivity index (χ0) is 22.9. The molecule has 0 saturated carbocycles. The number of nitrogens with two attached hydrogens (primary N) is 1. The molecule has 2 saturated heterocycles. The normalized spacial score (nSPS) is 21.0. The number of aromatic nitrogens is 3. The summed E-state index contributed by atoms with van der Waals surface area (Å²) in [7, 11) is 0. The minimum absolute atomic E-state index is 0.516. The van der Waals surface area contributed by atoms with Gasteiger partial charge in [-0.25, -0.2) is 9.97 Å². The van der Waals surface area contributed by atoms with E-state index in [-0.39, 0.29) is 0 Å². The fraction of sp³-hybridized carbons (Fsp3) is 0.400. The zero-order valence-corrected chi connectivity index (χ0v) is 19.8. The summed E-state index contributed by atoms with van der Waals surface area (Å²) in [6.45, 7) is 4.76. The second-order valence-corrected chi connectivity index (χ2v) is 10.3. The van der Waals surface area contributed by atoms with Gasteiger partial charge in [-0.05, 0) is 31.0 Å². The average Bonchev–Trinajstić information content (AvgIpc) is 3.48. The second-order valence-electron chi connectivity index (χ2n) is 9.16. The van der Waals surface area contributed by atoms with Gasteiger partial charge in [0.2, 0.25) is 5.88 Å². The summed E-state index contributed by atoms with van der Waals surface area (Å²) in [6.07, 6.45) is 4.87. The molecule has 2 unspecified atom stereocenters. The fourth-order valence-corrected chi connectivity index (χ4v) is 5.81. The van der Waals surface area contributed by atoms with Crippen LogP contribution in [-0.4, -0.2) is 58.9 Å². The maximum Gasteiger partial charge on any atom is 0.213 e. The largest absolute Gasteiger partial charge is 0.477 e. The third-order valence-electron chi connectivity index (χ3n) is 6.84. The number of nitrogens with zero attached hydrogens (tertiary/aromatic N) is 5. The topological polar surface area (TPSA) is 93.5 Å². The average molecular weight is 477 g/mol. The van der Waals surface area contributed by atoms with Gasteiger partial charge < -0.3 is 19.9 Å². The molecule has 2 N–H and O–H groups in total. The molecule has 0 radical (unpaired) electrons. The van der Waals surface area contributed by atoms with Crippen LogP contribution in [0.4, 0.5) is 10.9 Å². The maximum absolute atomic E-state index is 6.13. The Morgan fingerprint density at radius 3 is 2.94 bits per heavy atom. The third kappa shape index (κ3) is 4.45. The van der Waals surface area contributed by atoms with Crippen LogP contribution in [0.3, 0.4) is 0 Å². The molecule has 34 heavy (non-hydrogen) atoms. The fourth-order valence-electron chi connectivity index (χ4n) is 5.11. The number of hydrogen-bond donors (Lipinski definition) is 1. The van der Waals surface area contributed by atoms with Crippen molar-refractivity contribution in [3.05, 3.63) is 59.2 Å². The summed E-state index contributed by atoms with van der Waals surface area (Å²) in [6, 6.07) is 14.6. The molecule has 0 amide bonds. The van der Waals surface area contributed by atoms with Gasteiger partial charge >= 0.3 is 0 Å². The number of rotatable bonds is 6. The van der Waals surface area contributed by atoms with Crippen molar-refractivity contribution in [3.63, 3.8) is 0 Å². The van der Waals surface area contributed by atoms with Gasteiger partial charge in [0.15, 0.2) is 16.5 Å². The predicted molar refractivity (Wildman–Crippen MR) is 133 cm³/mol. The lowest BCUT2D eigenvalue weighted by Crippen LogP contribution is -2.57. The smallest absolute Gasteiger partial charge is 0.213 e. The summed E-state index contributed by atoms with van der Waals surface area (Å²) in [5.41, 5.74) is 7.57. The first-order chi connectivity index (χ1) is 16.7. The van der Waals surface area contributed by atoms with Crippen LogP contribution < -0.4 is 15.4 Å². The van der Waals surface area contributed by atoms with E-state index in [0.29, 0.717) is 29.6 Å². The van der Waals surface area contributed by atoms with Crippen LogP contribution >= 0.6 is 11.3 Å². The van der Waals surface area contributed by atoms with E-state index in [4.69, 9.17) is 15.0 Å². The lowest BCUT2D eigenvalue weighted by atomic mass is 9.91. The van der Waals surface area contributed by atoms with Crippen LogP contribution in [0, 0.1) is 5.92 Å². The van der Waals surface area contributed by atoms with Crippen molar-refractivity contribution in [3.8, 4) is 5.88 Å². The molecule has 9 heteroatoms. The first-order valence-corrected chi connectivity index (χ1v) is 12.7. The summed E-state index contributed by atoms with van der Waals surface area (Å²) in [5, 5.41) is 6.06. The Labute approximate surface area is 202 Å². The number of hydrogen-bond acceptors (Lipinski definition) is 9. The van der Waals surface area contributed by atoms with Crippen LogP contribution in [0.2, 0.25) is 0 Å². The van der Waals surface area contributed by atoms with E-state index in [9.17, 15) is 0 Å². The summed E-state index contributed by atoms with van der Waals surface area (Å²) in [5.74, 6) is 2.19. The number of nitrogen functional groups attached to an aromatic ring is 1. The van der Waals surface area contributed by atoms with Crippen molar-refractivity contribution in [2.75, 3.05) is 43.4 Å². The van der Waals surface area contributed by atoms with Crippen LogP contribution in [-0.2, 0) is 6.42 Å². The standard InChI is InChI=1S/C25H28N6O2S/c26-25-27-13-20(34-25)12-18-4-3-7-23(28-18)32-16-17-8-9-19-15-31(11-10-30(19)14-17)24-21-5-1-2-6-22(21)33-29-24/h1-7,13,17,19H,8-12,14-16H2,(H2,26,27). The molecule has 5 heterocycles. The molecular weight excluding hydrogens is 448 g/mol. The number of anilines is 2. The van der Waals surface area contributed by atoms with Crippen LogP contribution in [0.1, 0.15) is 23.4 Å². The number of thiazole rings is 1. The van der Waals surface area contributed by atoms with E-state index in [1.807, 2.05) is 42.6 Å². The molecule has 0 bridgehead atoms. The lowest BCUT2D eigenvalue weighted by Gasteiger charge is -2.46. The van der Waals surface area contributed by atoms with Crippen LogP contribution in [0.5, 0.6) is 5.88 Å². The number of piperidine rings is 1. The highest BCUT2D eigenvalue weighted by Gasteiger charge is 2.34. The van der Waals surface area contributed by atoms with Crippen molar-refractivity contribution < 1.29 is 9.26 Å². The number of ether oxygens (including phenoxy) is 1. The number of para-hydroxylation sites is 1. The third-order valence-corrected chi connectivity index (χ3v) is 7.66. The minimum atomic E-state index is 0.516. The van der Waals surface area contributed by atoms with Crippen molar-refractivity contribution in [2.45, 2.75) is 25.3 Å². The van der Waals surface area contributed by atoms with Gasteiger partial charge in [0.05, 0.1) is 12.0 Å². The second kappa shape index (κ2) is 9.23. The summed E-state index contributed by atoms with van der Waals surface area (Å²) in [4.78, 5) is 14.9. The Hall–Kier alpha value is -3.17. The first kappa shape index (κ1) is 21.4. The van der Waals surface area contributed by atoms with Gasteiger partial charge in [0.25, 0.3) is 0 Å². The van der Waals surface area contributed by atoms with E-state index in [0.717, 1.165) is 66.4 Å². The molecule has 1 aromatic carbocycles. The van der Waals surface area contributed by atoms with E-state index in [1.54, 1.807) is 0 Å². The molecule has 2 atom stereocenters. The molecule has 2 fully saturated rings. The van der Waals surface area contributed by atoms with Gasteiger partial charge in [-0.3, -0.25) is 4.90 Å². The number of piperazine rings is 1. The van der Waals surface area contributed by atoms with E-state index in [2.05, 4.69) is 31.0 Å². The Balaban J connectivity index is 1.03. The molecule has 2 aliphatic heterocycles. The Morgan fingerprint density at radius 1 is 1.09 bits per heavy atom. The van der Waals surface area contributed by atoms with Crippen molar-refractivity contribution in [1.82, 2.24) is 20.0 Å². The molecule has 8 nitrogen and oxygen atoms in total. The van der Waals surface area contributed by atoms with Gasteiger partial charge in [-0.1, -0.05) is 23.4 Å². The molecule has 3 aromatic heterocycles. The highest BCUT2D eigenvalue weighted by atomic mass is 32.1. The van der Waals surface area contributed by atoms with Crippen LogP contribution in [0.15, 0.2) is 53.2 Å². The van der Waals surface area contributed by atoms with Crippen molar-refractivity contribution >= 4 is 33.3 Å². The highest BCUT2D eigenvalue weighted by molar-refractivity contribution is 7.15. The van der Waals surface area contributed by atoms with Gasteiger partial charge in [-0.2, -0.15) is 0 Å². The first-order valence-electron chi connectivity index (χ1n) is 11.8. The van der Waals surface area contributed by atoms with E-state index >= 15 is 0 Å². The Morgan fingerprint density at radius 2 is 2.03 bits per heavy atom. The highest BCUT2D eigenvalue weighted by Crippen LogP contribution is 2.31. The van der Waals surface area contributed by atoms with E-state index < -0.39 is 0 Å². The number of fused-ring (bicyclic) bond motifs is 2. The summed E-state index contributed by atoms with van der Waals surface area (Å²) >= 11 is 1.50. The molecular formula is C25H28N6O2S. The zero-order valence-electron chi connectivity index (χ0n) is 19.0. The van der Waals surface area contributed by atoms with Gasteiger partial charge in [-0.15, -0.1) is 11.3 Å². The molecule has 0 aliphatic carbocycles. The van der Waals surface area contributed by atoms with Crippen molar-refractivity contribution in [2.24, 2.45) is 5.92 Å². The summed E-state index contributed by atoms with van der Waals surface area (Å²) < 4.78 is 11.7. The van der Waals surface area contributed by atoms with Gasteiger partial charge in [0.1, 0.15) is 0 Å². The monoisotopic (exact) mass is 476 g/mol. The molecule has 176 valence electrons. The molecule has 2 aliphatic rings. The van der Waals surface area contributed by atoms with Crippen molar-refractivity contribution in [1.29, 1.82) is 0 Å². The number of pyridine rings is 1. The number of benzene rings is 1. The minimum Gasteiger partial charge on any atom is -0.477 e. The lowest BCUT2D eigenvalue weighted by molar-refractivity contribution is 0.0716. The SMILES string of the molecule is Nc1ncc(Cc2cccc(OCC3CCC4CN(c5noc6ccccc56)CCN4C3)n2)s1. The van der Waals surface area contributed by atoms with E-state index in [1.165, 1.54) is 17.8 Å². The maximum atomic E-state index is 6.13. The van der Waals surface area contributed by atoms with Crippen LogP contribution in [0.25, 0.3) is 11.0 Å². The Bertz CT molecular complexity index is 1270. The quantitative estimate of drug-likeness (QED) is 0.449. The molecule has 4 aromatic rings. The molecule has 0 spiro atoms. The Kier molecular flexibility index (Phi) is 5.80.